The largest absolute Gasteiger partial charge is 0.512 e. The third-order valence-corrected chi connectivity index (χ3v) is 6.61. The van der Waals surface area contributed by atoms with Crippen molar-refractivity contribution in [3.63, 3.8) is 0 Å². The van der Waals surface area contributed by atoms with Gasteiger partial charge in [0.25, 0.3) is 0 Å². The van der Waals surface area contributed by atoms with Crippen molar-refractivity contribution < 1.29 is 28.3 Å². The molecule has 0 amide bonds. The van der Waals surface area contributed by atoms with Gasteiger partial charge in [-0.05, 0) is 37.6 Å². The second-order valence-electron chi connectivity index (χ2n) is 5.87. The lowest BCUT2D eigenvalue weighted by Gasteiger charge is -2.33. The molecule has 2 aromatic carbocycles. The van der Waals surface area contributed by atoms with Crippen molar-refractivity contribution in [3.05, 3.63) is 53.3 Å². The summed E-state index contributed by atoms with van der Waals surface area (Å²) in [4.78, 5) is 12.5. The molecule has 0 saturated carbocycles. The van der Waals surface area contributed by atoms with E-state index in [0.29, 0.717) is 11.3 Å². The highest BCUT2D eigenvalue weighted by Crippen LogP contribution is 2.67. The molecule has 6 nitrogen and oxygen atoms in total. The predicted molar refractivity (Wildman–Crippen MR) is 98.5 cm³/mol. The van der Waals surface area contributed by atoms with Crippen LogP contribution in [-0.2, 0) is 18.4 Å². The number of ether oxygens (including phenoxy) is 1. The number of carbonyl (C=O) groups excluding carboxylic acids is 1. The molecular formula is C19H21O6P. The quantitative estimate of drug-likeness (QED) is 0.263. The smallest absolute Gasteiger partial charge is 0.344 e. The van der Waals surface area contributed by atoms with Crippen LogP contribution >= 0.6 is 7.60 Å². The zero-order valence-corrected chi connectivity index (χ0v) is 15.8. The van der Waals surface area contributed by atoms with Gasteiger partial charge in [-0.2, -0.15) is 0 Å². The van der Waals surface area contributed by atoms with Gasteiger partial charge in [0.2, 0.25) is 0 Å². The van der Waals surface area contributed by atoms with Gasteiger partial charge < -0.3 is 18.9 Å². The van der Waals surface area contributed by atoms with E-state index in [-0.39, 0.29) is 24.5 Å². The van der Waals surface area contributed by atoms with Crippen molar-refractivity contribution in [2.45, 2.75) is 26.4 Å². The molecule has 0 saturated heterocycles. The first-order valence-electron chi connectivity index (χ1n) is 8.45. The van der Waals surface area contributed by atoms with Crippen LogP contribution in [0.1, 0.15) is 32.0 Å². The molecule has 7 heteroatoms. The van der Waals surface area contributed by atoms with Gasteiger partial charge in [-0.15, -0.1) is 0 Å². The van der Waals surface area contributed by atoms with Crippen molar-refractivity contribution >= 4 is 24.3 Å². The molecule has 0 radical (unpaired) electrons. The van der Waals surface area contributed by atoms with E-state index >= 15 is 0 Å². The number of aliphatic hydroxyl groups is 1. The SMILES string of the molecule is CCOP(=O)(OCC)C1/C(=C(/C)O)C(=O)Oc2ccc3ccccc3c21. The number of fused-ring (bicyclic) bond motifs is 3. The number of rotatable bonds is 5. The van der Waals surface area contributed by atoms with E-state index in [2.05, 4.69) is 0 Å². The molecule has 1 unspecified atom stereocenters. The first kappa shape index (κ1) is 18.6. The monoisotopic (exact) mass is 376 g/mol. The summed E-state index contributed by atoms with van der Waals surface area (Å²) in [6, 6.07) is 11.0. The van der Waals surface area contributed by atoms with Crippen molar-refractivity contribution in [1.29, 1.82) is 0 Å². The summed E-state index contributed by atoms with van der Waals surface area (Å²) in [5, 5.41) is 11.8. The second-order valence-corrected chi connectivity index (χ2v) is 7.98. The molecule has 1 atom stereocenters. The molecule has 1 N–H and O–H groups in total. The van der Waals surface area contributed by atoms with Crippen LogP contribution in [-0.4, -0.2) is 24.3 Å². The minimum Gasteiger partial charge on any atom is -0.512 e. The Kier molecular flexibility index (Phi) is 5.19. The summed E-state index contributed by atoms with van der Waals surface area (Å²) in [7, 11) is -3.80. The summed E-state index contributed by atoms with van der Waals surface area (Å²) in [6.07, 6.45) is 0. The standard InChI is InChI=1S/C19H21O6P/c1-4-23-26(22,24-5-2)18-16(12(3)20)19(21)25-15-11-10-13-8-6-7-9-14(13)17(15)18/h6-11,18,20H,4-5H2,1-3H3/b16-12+. The Morgan fingerprint density at radius 2 is 1.81 bits per heavy atom. The van der Waals surface area contributed by atoms with Gasteiger partial charge in [-0.1, -0.05) is 30.3 Å². The fraction of sp³-hybridized carbons (Fsp3) is 0.316. The number of carbonyl (C=O) groups is 1. The molecule has 0 bridgehead atoms. The Bertz CT molecular complexity index is 919. The average Bonchev–Trinajstić information content (AvgIpc) is 2.60. The Labute approximate surface area is 151 Å². The molecule has 3 rings (SSSR count). The number of hydrogen-bond acceptors (Lipinski definition) is 6. The van der Waals surface area contributed by atoms with Gasteiger partial charge in [-0.25, -0.2) is 4.79 Å². The van der Waals surface area contributed by atoms with Gasteiger partial charge in [0.05, 0.1) is 18.8 Å². The summed E-state index contributed by atoms with van der Waals surface area (Å²) in [5.74, 6) is -0.723. The number of esters is 1. The lowest BCUT2D eigenvalue weighted by atomic mass is 9.94. The minimum absolute atomic E-state index is 0.0981. The lowest BCUT2D eigenvalue weighted by molar-refractivity contribution is -0.131. The van der Waals surface area contributed by atoms with E-state index in [9.17, 15) is 14.5 Å². The highest BCUT2D eigenvalue weighted by atomic mass is 31.2. The number of hydrogen-bond donors (Lipinski definition) is 1. The van der Waals surface area contributed by atoms with E-state index in [1.165, 1.54) is 6.92 Å². The normalized spacial score (nSPS) is 19.2. The number of aliphatic hydroxyl groups excluding tert-OH is 1. The van der Waals surface area contributed by atoms with Crippen molar-refractivity contribution in [3.8, 4) is 5.75 Å². The van der Waals surface area contributed by atoms with Gasteiger partial charge >= 0.3 is 13.6 Å². The summed E-state index contributed by atoms with van der Waals surface area (Å²) >= 11 is 0. The number of benzene rings is 2. The third-order valence-electron chi connectivity index (χ3n) is 4.22. The molecule has 0 aliphatic carbocycles. The maximum atomic E-state index is 13.6. The molecule has 0 spiro atoms. The Hall–Kier alpha value is -2.14. The van der Waals surface area contributed by atoms with Crippen LogP contribution in [0.15, 0.2) is 47.7 Å². The molecule has 0 fully saturated rings. The molecule has 138 valence electrons. The maximum absolute atomic E-state index is 13.6. The van der Waals surface area contributed by atoms with E-state index in [4.69, 9.17) is 13.8 Å². The van der Waals surface area contributed by atoms with Crippen LogP contribution in [0.4, 0.5) is 0 Å². The van der Waals surface area contributed by atoms with Gasteiger partial charge in [0.15, 0.2) is 0 Å². The van der Waals surface area contributed by atoms with Crippen molar-refractivity contribution in [2.24, 2.45) is 0 Å². The van der Waals surface area contributed by atoms with Crippen molar-refractivity contribution in [1.82, 2.24) is 0 Å². The van der Waals surface area contributed by atoms with Crippen LogP contribution in [0.3, 0.4) is 0 Å². The Morgan fingerprint density at radius 1 is 1.15 bits per heavy atom. The zero-order valence-electron chi connectivity index (χ0n) is 14.9. The fourth-order valence-corrected chi connectivity index (χ4v) is 5.55. The van der Waals surface area contributed by atoms with E-state index in [0.717, 1.165) is 10.8 Å². The third kappa shape index (κ3) is 3.05. The molecule has 1 aliphatic heterocycles. The molecular weight excluding hydrogens is 355 g/mol. The topological polar surface area (TPSA) is 82.1 Å². The lowest BCUT2D eigenvalue weighted by Crippen LogP contribution is -2.26. The average molecular weight is 376 g/mol. The Morgan fingerprint density at radius 3 is 2.42 bits per heavy atom. The van der Waals surface area contributed by atoms with E-state index in [1.807, 2.05) is 30.3 Å². The Balaban J connectivity index is 2.38. The summed E-state index contributed by atoms with van der Waals surface area (Å²) < 4.78 is 30.1. The van der Waals surface area contributed by atoms with Gasteiger partial charge in [0, 0.05) is 5.56 Å². The summed E-state index contributed by atoms with van der Waals surface area (Å²) in [5.41, 5.74) is -0.634. The first-order valence-corrected chi connectivity index (χ1v) is 10.1. The molecule has 1 aliphatic rings. The fourth-order valence-electron chi connectivity index (χ4n) is 3.27. The highest BCUT2D eigenvalue weighted by Gasteiger charge is 2.48. The van der Waals surface area contributed by atoms with Crippen LogP contribution in [0.25, 0.3) is 10.8 Å². The van der Waals surface area contributed by atoms with E-state index < -0.39 is 19.2 Å². The number of allylic oxidation sites excluding steroid dienone is 1. The molecule has 1 heterocycles. The first-order chi connectivity index (χ1) is 12.4. The maximum Gasteiger partial charge on any atom is 0.344 e. The second kappa shape index (κ2) is 7.23. The summed E-state index contributed by atoms with van der Waals surface area (Å²) in [6.45, 7) is 5.04. The molecule has 2 aromatic rings. The zero-order chi connectivity index (χ0) is 18.9. The van der Waals surface area contributed by atoms with Crippen LogP contribution in [0.5, 0.6) is 5.75 Å². The molecule has 26 heavy (non-hydrogen) atoms. The van der Waals surface area contributed by atoms with Gasteiger partial charge in [-0.3, -0.25) is 4.57 Å². The van der Waals surface area contributed by atoms with Crippen LogP contribution in [0.2, 0.25) is 0 Å². The highest BCUT2D eigenvalue weighted by molar-refractivity contribution is 7.54. The van der Waals surface area contributed by atoms with Crippen LogP contribution < -0.4 is 4.74 Å². The predicted octanol–water partition coefficient (Wildman–Crippen LogP) is 4.90. The molecule has 0 aromatic heterocycles. The van der Waals surface area contributed by atoms with Crippen LogP contribution in [0, 0.1) is 0 Å². The van der Waals surface area contributed by atoms with E-state index in [1.54, 1.807) is 19.9 Å². The van der Waals surface area contributed by atoms with Crippen molar-refractivity contribution in [2.75, 3.05) is 13.2 Å². The van der Waals surface area contributed by atoms with Gasteiger partial charge in [0.1, 0.15) is 17.2 Å². The minimum atomic E-state index is -3.80.